The summed E-state index contributed by atoms with van der Waals surface area (Å²) >= 11 is 0. The first-order chi connectivity index (χ1) is 10.1. The fourth-order valence-electron chi connectivity index (χ4n) is 3.83. The van der Waals surface area contributed by atoms with Gasteiger partial charge in [0.15, 0.2) is 0 Å². The van der Waals surface area contributed by atoms with Crippen LogP contribution in [0.2, 0.25) is 0 Å². The Morgan fingerprint density at radius 3 is 2.86 bits per heavy atom. The molecule has 2 unspecified atom stereocenters. The average Bonchev–Trinajstić information content (AvgIpc) is 2.46. The molecule has 2 fully saturated rings. The molecule has 0 saturated carbocycles. The molecule has 21 heavy (non-hydrogen) atoms. The molecule has 0 aromatic rings. The van der Waals surface area contributed by atoms with E-state index < -0.39 is 0 Å². The van der Waals surface area contributed by atoms with Crippen LogP contribution in [0.4, 0.5) is 0 Å². The van der Waals surface area contributed by atoms with Crippen LogP contribution in [0, 0.1) is 5.41 Å². The molecule has 0 aromatic carbocycles. The summed E-state index contributed by atoms with van der Waals surface area (Å²) in [5.41, 5.74) is 0.439. The molecule has 4 nitrogen and oxygen atoms in total. The Bertz CT molecular complexity index is 290. The molecule has 4 heteroatoms. The number of hydrogen-bond acceptors (Lipinski definition) is 4. The normalized spacial score (nSPS) is 30.4. The standard InChI is InChI=1S/C17H33NO3/c1-3-7-17(2)8-4-9-18(14-17)12-15(19)13-21-16-5-10-20-11-6-16/h15-16,19H,3-14H2,1-2H3. The lowest BCUT2D eigenvalue weighted by Crippen LogP contribution is -2.45. The predicted octanol–water partition coefficient (Wildman–Crippen LogP) is 2.45. The third-order valence-corrected chi connectivity index (χ3v) is 4.88. The van der Waals surface area contributed by atoms with Gasteiger partial charge in [-0.1, -0.05) is 20.3 Å². The summed E-state index contributed by atoms with van der Waals surface area (Å²) in [5.74, 6) is 0. The molecule has 2 saturated heterocycles. The van der Waals surface area contributed by atoms with E-state index in [0.29, 0.717) is 12.0 Å². The van der Waals surface area contributed by atoms with E-state index in [9.17, 15) is 5.11 Å². The number of nitrogens with zero attached hydrogens (tertiary/aromatic N) is 1. The summed E-state index contributed by atoms with van der Waals surface area (Å²) in [4.78, 5) is 2.43. The molecule has 2 aliphatic rings. The van der Waals surface area contributed by atoms with Gasteiger partial charge in [-0.25, -0.2) is 0 Å². The molecular weight excluding hydrogens is 266 g/mol. The minimum atomic E-state index is -0.364. The minimum absolute atomic E-state index is 0.278. The van der Waals surface area contributed by atoms with E-state index in [1.165, 1.54) is 25.7 Å². The first kappa shape index (κ1) is 17.2. The highest BCUT2D eigenvalue weighted by Crippen LogP contribution is 2.33. The van der Waals surface area contributed by atoms with Crippen LogP contribution < -0.4 is 0 Å². The predicted molar refractivity (Wildman–Crippen MR) is 84.5 cm³/mol. The van der Waals surface area contributed by atoms with Crippen LogP contribution in [0.25, 0.3) is 0 Å². The lowest BCUT2D eigenvalue weighted by atomic mass is 9.78. The van der Waals surface area contributed by atoms with Crippen molar-refractivity contribution in [1.82, 2.24) is 4.90 Å². The number of likely N-dealkylation sites (tertiary alicyclic amines) is 1. The molecule has 0 radical (unpaired) electrons. The van der Waals surface area contributed by atoms with Gasteiger partial charge in [0, 0.05) is 26.3 Å². The highest BCUT2D eigenvalue weighted by atomic mass is 16.5. The molecule has 2 atom stereocenters. The van der Waals surface area contributed by atoms with Gasteiger partial charge in [-0.3, -0.25) is 0 Å². The highest BCUT2D eigenvalue weighted by molar-refractivity contribution is 4.84. The monoisotopic (exact) mass is 299 g/mol. The first-order valence-electron chi connectivity index (χ1n) is 8.71. The first-order valence-corrected chi connectivity index (χ1v) is 8.71. The van der Waals surface area contributed by atoms with E-state index in [2.05, 4.69) is 18.7 Å². The largest absolute Gasteiger partial charge is 0.389 e. The Morgan fingerprint density at radius 2 is 2.14 bits per heavy atom. The summed E-state index contributed by atoms with van der Waals surface area (Å²) in [6.45, 7) is 9.70. The quantitative estimate of drug-likeness (QED) is 0.784. The molecule has 0 bridgehead atoms. The Morgan fingerprint density at radius 1 is 1.38 bits per heavy atom. The molecule has 2 rings (SSSR count). The summed E-state index contributed by atoms with van der Waals surface area (Å²) in [6.07, 6.45) is 6.96. The average molecular weight is 299 g/mol. The maximum atomic E-state index is 10.2. The van der Waals surface area contributed by atoms with Crippen molar-refractivity contribution in [2.45, 2.75) is 64.6 Å². The van der Waals surface area contributed by atoms with Gasteiger partial charge in [0.1, 0.15) is 0 Å². The number of β-amino-alcohol motifs (C(OH)–C–C–N with tert-alkyl or cyclic N) is 1. The molecule has 1 N–H and O–H groups in total. The Balaban J connectivity index is 1.67. The van der Waals surface area contributed by atoms with Crippen molar-refractivity contribution in [3.8, 4) is 0 Å². The highest BCUT2D eigenvalue weighted by Gasteiger charge is 2.30. The summed E-state index contributed by atoms with van der Waals surface area (Å²) < 4.78 is 11.2. The summed E-state index contributed by atoms with van der Waals surface area (Å²) in [6, 6.07) is 0. The van der Waals surface area contributed by atoms with E-state index in [4.69, 9.17) is 9.47 Å². The Labute approximate surface area is 129 Å². The number of hydrogen-bond donors (Lipinski definition) is 1. The van der Waals surface area contributed by atoms with Crippen molar-refractivity contribution in [3.05, 3.63) is 0 Å². The third-order valence-electron chi connectivity index (χ3n) is 4.88. The van der Waals surface area contributed by atoms with Gasteiger partial charge >= 0.3 is 0 Å². The van der Waals surface area contributed by atoms with Gasteiger partial charge in [-0.15, -0.1) is 0 Å². The van der Waals surface area contributed by atoms with Crippen LogP contribution >= 0.6 is 0 Å². The van der Waals surface area contributed by atoms with Gasteiger partial charge < -0.3 is 19.5 Å². The molecule has 0 aliphatic carbocycles. The fraction of sp³-hybridized carbons (Fsp3) is 1.00. The summed E-state index contributed by atoms with van der Waals surface area (Å²) in [5, 5.41) is 10.2. The number of rotatable bonds is 7. The number of aliphatic hydroxyl groups is 1. The molecule has 2 heterocycles. The van der Waals surface area contributed by atoms with Crippen LogP contribution in [0.1, 0.15) is 52.4 Å². The lowest BCUT2D eigenvalue weighted by Gasteiger charge is -2.41. The second-order valence-corrected chi connectivity index (χ2v) is 7.20. The van der Waals surface area contributed by atoms with E-state index in [1.807, 2.05) is 0 Å². The number of ether oxygens (including phenoxy) is 2. The maximum Gasteiger partial charge on any atom is 0.0900 e. The Hall–Kier alpha value is -0.160. The van der Waals surface area contributed by atoms with Crippen molar-refractivity contribution in [2.24, 2.45) is 5.41 Å². The van der Waals surface area contributed by atoms with Crippen LogP contribution in [0.5, 0.6) is 0 Å². The van der Waals surface area contributed by atoms with E-state index >= 15 is 0 Å². The van der Waals surface area contributed by atoms with Gasteiger partial charge in [-0.2, -0.15) is 0 Å². The maximum absolute atomic E-state index is 10.2. The molecule has 0 aromatic heterocycles. The van der Waals surface area contributed by atoms with E-state index in [1.54, 1.807) is 0 Å². The number of aliphatic hydroxyl groups excluding tert-OH is 1. The smallest absolute Gasteiger partial charge is 0.0900 e. The van der Waals surface area contributed by atoms with E-state index in [0.717, 1.165) is 45.7 Å². The lowest BCUT2D eigenvalue weighted by molar-refractivity contribution is -0.0675. The molecule has 0 amide bonds. The van der Waals surface area contributed by atoms with Crippen molar-refractivity contribution < 1.29 is 14.6 Å². The zero-order chi connectivity index (χ0) is 15.1. The fourth-order valence-corrected chi connectivity index (χ4v) is 3.83. The van der Waals surface area contributed by atoms with Gasteiger partial charge in [0.25, 0.3) is 0 Å². The van der Waals surface area contributed by atoms with Gasteiger partial charge in [0.05, 0.1) is 18.8 Å². The van der Waals surface area contributed by atoms with Crippen LogP contribution in [-0.2, 0) is 9.47 Å². The third kappa shape index (κ3) is 5.85. The molecule has 124 valence electrons. The van der Waals surface area contributed by atoms with Crippen molar-refractivity contribution >= 4 is 0 Å². The zero-order valence-electron chi connectivity index (χ0n) is 13.9. The molecule has 2 aliphatic heterocycles. The van der Waals surface area contributed by atoms with Gasteiger partial charge in [0.2, 0.25) is 0 Å². The van der Waals surface area contributed by atoms with Crippen molar-refractivity contribution in [3.63, 3.8) is 0 Å². The summed E-state index contributed by atoms with van der Waals surface area (Å²) in [7, 11) is 0. The molecule has 0 spiro atoms. The van der Waals surface area contributed by atoms with Crippen LogP contribution in [0.3, 0.4) is 0 Å². The Kier molecular flexibility index (Phi) is 6.93. The second kappa shape index (κ2) is 8.47. The van der Waals surface area contributed by atoms with E-state index in [-0.39, 0.29) is 12.2 Å². The zero-order valence-corrected chi connectivity index (χ0v) is 13.9. The van der Waals surface area contributed by atoms with Gasteiger partial charge in [-0.05, 0) is 44.1 Å². The minimum Gasteiger partial charge on any atom is -0.389 e. The molecular formula is C17H33NO3. The van der Waals surface area contributed by atoms with Crippen LogP contribution in [0.15, 0.2) is 0 Å². The second-order valence-electron chi connectivity index (χ2n) is 7.20. The SMILES string of the molecule is CCCC1(C)CCCN(CC(O)COC2CCOCC2)C1. The van der Waals surface area contributed by atoms with Crippen LogP contribution in [-0.4, -0.2) is 61.7 Å². The van der Waals surface area contributed by atoms with Crippen molar-refractivity contribution in [1.29, 1.82) is 0 Å². The number of piperidine rings is 1. The topological polar surface area (TPSA) is 41.9 Å². The van der Waals surface area contributed by atoms with Crippen molar-refractivity contribution in [2.75, 3.05) is 39.5 Å².